The standard InChI is InChI=1S/C13H15N3/c1-10-3-2-4-11(5-10)12-6-15-16(9-12)13-7-14-8-13/h2-6,9,13-14H,7-8H2,1H3. The number of aryl methyl sites for hydroxylation is 1. The van der Waals surface area contributed by atoms with Crippen LogP contribution in [0.5, 0.6) is 0 Å². The summed E-state index contributed by atoms with van der Waals surface area (Å²) in [6, 6.07) is 9.07. The van der Waals surface area contributed by atoms with E-state index in [1.807, 2.05) is 6.20 Å². The summed E-state index contributed by atoms with van der Waals surface area (Å²) in [5.41, 5.74) is 3.74. The minimum absolute atomic E-state index is 0.540. The maximum atomic E-state index is 4.42. The molecule has 0 unspecified atom stereocenters. The first-order chi connectivity index (χ1) is 7.83. The third-order valence-corrected chi connectivity index (χ3v) is 3.09. The summed E-state index contributed by atoms with van der Waals surface area (Å²) in [7, 11) is 0. The highest BCUT2D eigenvalue weighted by Gasteiger charge is 2.19. The van der Waals surface area contributed by atoms with Crippen LogP contribution in [0.15, 0.2) is 36.7 Å². The quantitative estimate of drug-likeness (QED) is 0.827. The topological polar surface area (TPSA) is 29.9 Å². The van der Waals surface area contributed by atoms with Gasteiger partial charge in [0.05, 0.1) is 12.2 Å². The molecule has 0 bridgehead atoms. The van der Waals surface area contributed by atoms with Crippen molar-refractivity contribution in [2.45, 2.75) is 13.0 Å². The molecule has 1 aliphatic heterocycles. The van der Waals surface area contributed by atoms with Crippen LogP contribution in [0, 0.1) is 6.92 Å². The molecule has 1 aliphatic rings. The van der Waals surface area contributed by atoms with Crippen molar-refractivity contribution in [3.05, 3.63) is 42.2 Å². The minimum atomic E-state index is 0.540. The molecule has 1 aromatic heterocycles. The van der Waals surface area contributed by atoms with E-state index in [0.29, 0.717) is 6.04 Å². The molecular formula is C13H15N3. The Morgan fingerprint density at radius 2 is 2.19 bits per heavy atom. The first kappa shape index (κ1) is 9.60. The van der Waals surface area contributed by atoms with Crippen LogP contribution in [0.1, 0.15) is 11.6 Å². The largest absolute Gasteiger partial charge is 0.312 e. The van der Waals surface area contributed by atoms with Crippen LogP contribution in [0.2, 0.25) is 0 Å². The summed E-state index contributed by atoms with van der Waals surface area (Å²) in [5.74, 6) is 0. The lowest BCUT2D eigenvalue weighted by Gasteiger charge is -2.27. The Kier molecular flexibility index (Phi) is 2.26. The zero-order valence-corrected chi connectivity index (χ0v) is 9.35. The second-order valence-corrected chi connectivity index (χ2v) is 4.39. The SMILES string of the molecule is Cc1cccc(-c2cnn(C3CNC3)c2)c1. The molecule has 3 rings (SSSR count). The second-order valence-electron chi connectivity index (χ2n) is 4.39. The first-order valence-electron chi connectivity index (χ1n) is 5.65. The third-order valence-electron chi connectivity index (χ3n) is 3.09. The predicted octanol–water partition coefficient (Wildman–Crippen LogP) is 2.00. The molecular weight excluding hydrogens is 198 g/mol. The van der Waals surface area contributed by atoms with E-state index in [1.54, 1.807) is 0 Å². The van der Waals surface area contributed by atoms with Gasteiger partial charge in [-0.15, -0.1) is 0 Å². The van der Waals surface area contributed by atoms with Crippen LogP contribution in [0.25, 0.3) is 11.1 Å². The molecule has 0 aliphatic carbocycles. The number of rotatable bonds is 2. The Hall–Kier alpha value is -1.61. The maximum absolute atomic E-state index is 4.42. The van der Waals surface area contributed by atoms with Gasteiger partial charge in [0.15, 0.2) is 0 Å². The summed E-state index contributed by atoms with van der Waals surface area (Å²) in [5, 5.41) is 7.68. The smallest absolute Gasteiger partial charge is 0.0767 e. The number of nitrogens with zero attached hydrogens (tertiary/aromatic N) is 2. The van der Waals surface area contributed by atoms with Crippen LogP contribution in [-0.4, -0.2) is 22.9 Å². The molecule has 1 fully saturated rings. The lowest BCUT2D eigenvalue weighted by Crippen LogP contribution is -2.43. The van der Waals surface area contributed by atoms with Crippen LogP contribution < -0.4 is 5.32 Å². The Balaban J connectivity index is 1.91. The van der Waals surface area contributed by atoms with Crippen molar-refractivity contribution in [2.75, 3.05) is 13.1 Å². The molecule has 1 N–H and O–H groups in total. The summed E-state index contributed by atoms with van der Waals surface area (Å²) in [6.45, 7) is 4.19. The van der Waals surface area contributed by atoms with Crippen LogP contribution in [0.3, 0.4) is 0 Å². The highest BCUT2D eigenvalue weighted by atomic mass is 15.3. The summed E-state index contributed by atoms with van der Waals surface area (Å²) < 4.78 is 2.06. The average Bonchev–Trinajstić information content (AvgIpc) is 2.64. The van der Waals surface area contributed by atoms with Crippen LogP contribution in [-0.2, 0) is 0 Å². The Morgan fingerprint density at radius 3 is 2.88 bits per heavy atom. The van der Waals surface area contributed by atoms with Crippen molar-refractivity contribution >= 4 is 0 Å². The minimum Gasteiger partial charge on any atom is -0.312 e. The van der Waals surface area contributed by atoms with E-state index >= 15 is 0 Å². The number of hydrogen-bond donors (Lipinski definition) is 1. The van der Waals surface area contributed by atoms with Crippen LogP contribution in [0.4, 0.5) is 0 Å². The molecule has 3 nitrogen and oxygen atoms in total. The first-order valence-corrected chi connectivity index (χ1v) is 5.65. The zero-order valence-electron chi connectivity index (χ0n) is 9.35. The van der Waals surface area contributed by atoms with E-state index in [1.165, 1.54) is 16.7 Å². The van der Waals surface area contributed by atoms with Gasteiger partial charge in [-0.05, 0) is 12.5 Å². The molecule has 0 atom stereocenters. The lowest BCUT2D eigenvalue weighted by atomic mass is 10.1. The Morgan fingerprint density at radius 1 is 1.31 bits per heavy atom. The Bertz CT molecular complexity index is 497. The molecule has 2 heterocycles. The van der Waals surface area contributed by atoms with Gasteiger partial charge in [-0.25, -0.2) is 0 Å². The van der Waals surface area contributed by atoms with Crippen molar-refractivity contribution in [2.24, 2.45) is 0 Å². The van der Waals surface area contributed by atoms with Crippen molar-refractivity contribution in [1.82, 2.24) is 15.1 Å². The monoisotopic (exact) mass is 213 g/mol. The predicted molar refractivity (Wildman–Crippen MR) is 64.3 cm³/mol. The summed E-state index contributed by atoms with van der Waals surface area (Å²) in [4.78, 5) is 0. The molecule has 0 saturated carbocycles. The normalized spacial score (nSPS) is 16.1. The molecule has 1 saturated heterocycles. The van der Waals surface area contributed by atoms with Gasteiger partial charge < -0.3 is 5.32 Å². The molecule has 0 spiro atoms. The van der Waals surface area contributed by atoms with Gasteiger partial charge in [0.25, 0.3) is 0 Å². The van der Waals surface area contributed by atoms with Gasteiger partial charge in [-0.3, -0.25) is 4.68 Å². The van der Waals surface area contributed by atoms with E-state index in [9.17, 15) is 0 Å². The van der Waals surface area contributed by atoms with Crippen molar-refractivity contribution in [3.63, 3.8) is 0 Å². The zero-order chi connectivity index (χ0) is 11.0. The number of aromatic nitrogens is 2. The van der Waals surface area contributed by atoms with Gasteiger partial charge in [-0.2, -0.15) is 5.10 Å². The van der Waals surface area contributed by atoms with Gasteiger partial charge in [0, 0.05) is 24.8 Å². The Labute approximate surface area is 95.1 Å². The third kappa shape index (κ3) is 1.63. The summed E-state index contributed by atoms with van der Waals surface area (Å²) >= 11 is 0. The van der Waals surface area contributed by atoms with Crippen molar-refractivity contribution in [3.8, 4) is 11.1 Å². The molecule has 3 heteroatoms. The molecule has 2 aromatic rings. The number of hydrogen-bond acceptors (Lipinski definition) is 2. The summed E-state index contributed by atoms with van der Waals surface area (Å²) in [6.07, 6.45) is 4.09. The van der Waals surface area contributed by atoms with E-state index in [4.69, 9.17) is 0 Å². The van der Waals surface area contributed by atoms with Crippen molar-refractivity contribution < 1.29 is 0 Å². The lowest BCUT2D eigenvalue weighted by molar-refractivity contribution is 0.318. The highest BCUT2D eigenvalue weighted by Crippen LogP contribution is 2.21. The molecule has 0 radical (unpaired) electrons. The fraction of sp³-hybridized carbons (Fsp3) is 0.308. The second kappa shape index (κ2) is 3.76. The molecule has 16 heavy (non-hydrogen) atoms. The van der Waals surface area contributed by atoms with E-state index in [0.717, 1.165) is 13.1 Å². The highest BCUT2D eigenvalue weighted by molar-refractivity contribution is 5.62. The van der Waals surface area contributed by atoms with Crippen molar-refractivity contribution in [1.29, 1.82) is 0 Å². The van der Waals surface area contributed by atoms with E-state index < -0.39 is 0 Å². The van der Waals surface area contributed by atoms with Gasteiger partial charge in [0.1, 0.15) is 0 Å². The van der Waals surface area contributed by atoms with Gasteiger partial charge in [0.2, 0.25) is 0 Å². The fourth-order valence-corrected chi connectivity index (χ4v) is 1.97. The van der Waals surface area contributed by atoms with Gasteiger partial charge in [-0.1, -0.05) is 29.8 Å². The van der Waals surface area contributed by atoms with E-state index in [-0.39, 0.29) is 0 Å². The van der Waals surface area contributed by atoms with Gasteiger partial charge >= 0.3 is 0 Å². The average molecular weight is 213 g/mol. The molecule has 82 valence electrons. The number of nitrogens with one attached hydrogen (secondary N) is 1. The molecule has 1 aromatic carbocycles. The number of benzene rings is 1. The van der Waals surface area contributed by atoms with Crippen LogP contribution >= 0.6 is 0 Å². The molecule has 0 amide bonds. The van der Waals surface area contributed by atoms with E-state index in [2.05, 4.69) is 52.5 Å². The maximum Gasteiger partial charge on any atom is 0.0767 e. The fourth-order valence-electron chi connectivity index (χ4n) is 1.97.